The van der Waals surface area contributed by atoms with Crippen molar-refractivity contribution in [3.63, 3.8) is 0 Å². The molecular formula is C60F42. The minimum absolute atomic E-state index is 4.96. The van der Waals surface area contributed by atoms with Crippen LogP contribution in [0.15, 0.2) is 100 Å². The van der Waals surface area contributed by atoms with Crippen molar-refractivity contribution in [2.75, 3.05) is 0 Å². The maximum absolute atomic E-state index is 21.7. The summed E-state index contributed by atoms with van der Waals surface area (Å²) in [6.07, 6.45) is 0. The highest BCUT2D eigenvalue weighted by Gasteiger charge is 3.43. The van der Waals surface area contributed by atoms with E-state index in [0.717, 1.165) is 0 Å². The Kier molecular flexibility index (Phi) is 5.14. The number of rotatable bonds is 0. The molecule has 24 atom stereocenters. The molecule has 0 aromatic rings. The van der Waals surface area contributed by atoms with Crippen LogP contribution in [-0.4, -0.2) is 238 Å². The minimum Gasteiger partial charge on any atom is -0.232 e. The Balaban J connectivity index is 1.09. The summed E-state index contributed by atoms with van der Waals surface area (Å²) in [4.78, 5) is 0. The zero-order valence-corrected chi connectivity index (χ0v) is 45.9. The Morgan fingerprint density at radius 3 is 0.275 bits per heavy atom. The summed E-state index contributed by atoms with van der Waals surface area (Å²) in [6.45, 7) is 0. The smallest absolute Gasteiger partial charge is 0.232 e. The van der Waals surface area contributed by atoms with Gasteiger partial charge >= 0.3 is 0 Å². The molecule has 32 aliphatic rings. The van der Waals surface area contributed by atoms with Crippen LogP contribution < -0.4 is 0 Å². The van der Waals surface area contributed by atoms with E-state index < -0.39 is 338 Å². The lowest BCUT2D eigenvalue weighted by molar-refractivity contribution is -0.480. The fourth-order valence-corrected chi connectivity index (χ4v) is 36.1. The molecule has 0 N–H and O–H groups in total. The van der Waals surface area contributed by atoms with Crippen molar-refractivity contribution in [2.24, 2.45) is 0 Å². The lowest BCUT2D eigenvalue weighted by atomic mass is 9.32. The van der Waals surface area contributed by atoms with Gasteiger partial charge in [0.2, 0.25) is 238 Å². The zero-order valence-electron chi connectivity index (χ0n) is 45.9. The van der Waals surface area contributed by atoms with Gasteiger partial charge in [-0.2, -0.15) is 0 Å². The molecule has 32 rings (SSSR count). The first-order valence-corrected chi connectivity index (χ1v) is 30.4. The molecule has 0 bridgehead atoms. The maximum Gasteiger partial charge on any atom is 0.234 e. The van der Waals surface area contributed by atoms with Crippen LogP contribution in [0.5, 0.6) is 0 Å². The molecule has 0 radical (unpaired) electrons. The maximum atomic E-state index is 21.7. The van der Waals surface area contributed by atoms with E-state index in [1.165, 1.54) is 0 Å². The van der Waals surface area contributed by atoms with Gasteiger partial charge in [0.1, 0.15) is 0 Å². The predicted molar refractivity (Wildman–Crippen MR) is 224 cm³/mol. The number of halogens is 42. The van der Waals surface area contributed by atoms with Gasteiger partial charge in [0.15, 0.2) is 0 Å². The summed E-state index contributed by atoms with van der Waals surface area (Å²) in [6, 6.07) is 0. The number of hydrogen-bond acceptors (Lipinski definition) is 0. The van der Waals surface area contributed by atoms with E-state index in [-0.39, 0.29) is 0 Å². The quantitative estimate of drug-likeness (QED) is 0.212. The number of hydrogen-bond donors (Lipinski definition) is 0. The van der Waals surface area contributed by atoms with E-state index in [9.17, 15) is 0 Å². The van der Waals surface area contributed by atoms with Gasteiger partial charge in [0.05, 0.1) is 0 Å². The molecule has 24 unspecified atom stereocenters. The molecule has 0 spiro atoms. The van der Waals surface area contributed by atoms with Gasteiger partial charge in [-0.3, -0.25) is 0 Å². The Hall–Kier alpha value is -5.28. The highest BCUT2D eigenvalue weighted by atomic mass is 19.3. The lowest BCUT2D eigenvalue weighted by Crippen LogP contribution is -3.08. The molecule has 42 heteroatoms. The van der Waals surface area contributed by atoms with Crippen LogP contribution in [0.4, 0.5) is 184 Å². The van der Waals surface area contributed by atoms with Crippen LogP contribution in [0.3, 0.4) is 0 Å². The SMILES string of the molecule is FC12C3=C4C5=C6C3=C3C7(F)C1(F)C1(F)C8(F)C9=C%10C%11=C%12C9=C9C1(F)C1(F)C7(F)C7(F)C3(F)C3(F)C6(F)C6(F)C%13(F)C%14=C%15C%16=C%17C%14=C%14C(F)(C%133F)C7(F)C3(F)C%14(F)C7(F)C%17(F)C(F)(C%12(F)C7(F)C9(F)C13F)C1(F)C%11(F)C3(F)C7(F)C%10(F)C(F)(C4(F)C7(F)C4(F)C5(F)C6(F)C%15(F)C4(F)C3(F)C%161F)C28F. The van der Waals surface area contributed by atoms with Crippen molar-refractivity contribution in [2.45, 2.75) is 238 Å². The molecule has 534 valence electrons. The first-order valence-electron chi connectivity index (χ1n) is 30.4. The average Bonchev–Trinajstić information content (AvgIpc) is 1.30. The van der Waals surface area contributed by atoms with Crippen LogP contribution in [0.1, 0.15) is 0 Å². The monoisotopic (exact) mass is 1520 g/mol. The van der Waals surface area contributed by atoms with Crippen LogP contribution in [0.25, 0.3) is 0 Å². The van der Waals surface area contributed by atoms with Crippen LogP contribution >= 0.6 is 0 Å². The molecule has 32 aliphatic carbocycles. The topological polar surface area (TPSA) is 0 Å². The molecule has 0 saturated heterocycles. The van der Waals surface area contributed by atoms with Crippen LogP contribution in [0.2, 0.25) is 0 Å². The van der Waals surface area contributed by atoms with E-state index >= 15 is 184 Å². The van der Waals surface area contributed by atoms with E-state index in [0.29, 0.717) is 0 Å². The summed E-state index contributed by atoms with van der Waals surface area (Å²) >= 11 is 0. The Morgan fingerprint density at radius 1 is 0.0882 bits per heavy atom. The highest BCUT2D eigenvalue weighted by molar-refractivity contribution is 6.11. The van der Waals surface area contributed by atoms with Crippen molar-refractivity contribution in [3.05, 3.63) is 100 Å². The van der Waals surface area contributed by atoms with E-state index in [1.54, 1.807) is 0 Å². The summed E-state index contributed by atoms with van der Waals surface area (Å²) in [5, 5.41) is 0. The molecule has 17 saturated carbocycles. The lowest BCUT2D eigenvalue weighted by Gasteiger charge is -2.76. The Bertz CT molecular complexity index is 5030. The fraction of sp³-hybridized carbons (Fsp3) is 0.700. The highest BCUT2D eigenvalue weighted by Crippen LogP contribution is 3.18. The molecule has 0 aromatic carbocycles. The van der Waals surface area contributed by atoms with E-state index in [4.69, 9.17) is 0 Å². The number of allylic oxidation sites excluding steroid dienone is 18. The summed E-state index contributed by atoms with van der Waals surface area (Å²) in [5.41, 5.74) is -491. The standard InChI is InChI=1S/C60F42/c61-19-4-1-5-11-10(4)25(67)40(82)27(69)12-6-2-8-14(12)29(71)42(84)30(72)15-9-3-7-13(15)28(70)41(83,26(11,68)50(92)49(25,91)51(27,93)53(29,95)54(30,96)52(28,50)94)38(80)20(5,62)44(86)32(74)16(1)31(73)43(19,85)45(87,21(6,63)37(19,40)79)33(75)17(2)35(77)47(89)23(8,65)39(42,81)24(9,66)48(47,90)36(78)18(3)34(76,46(44,88)22(7,38)64)58(100)56(32,98)55(31,97)57(33,99)59(35,101)60(36,58)102. The minimum atomic E-state index is -9.89. The van der Waals surface area contributed by atoms with Gasteiger partial charge in [-0.15, -0.1) is 0 Å². The summed E-state index contributed by atoms with van der Waals surface area (Å²) in [7, 11) is 0. The van der Waals surface area contributed by atoms with Gasteiger partial charge in [-0.1, -0.05) is 0 Å². The van der Waals surface area contributed by atoms with Gasteiger partial charge in [-0.25, -0.2) is 184 Å². The van der Waals surface area contributed by atoms with E-state index in [2.05, 4.69) is 0 Å². The normalized spacial score (nSPS) is 86.6. The van der Waals surface area contributed by atoms with Crippen molar-refractivity contribution in [1.29, 1.82) is 0 Å². The largest absolute Gasteiger partial charge is 0.234 e. The Morgan fingerprint density at radius 2 is 0.167 bits per heavy atom. The summed E-state index contributed by atoms with van der Waals surface area (Å²) in [5.74, 6) is 0. The third kappa shape index (κ3) is 1.91. The first kappa shape index (κ1) is 55.2. The van der Waals surface area contributed by atoms with Gasteiger partial charge < -0.3 is 0 Å². The third-order valence-electron chi connectivity index (χ3n) is 36.3. The summed E-state index contributed by atoms with van der Waals surface area (Å²) < 4.78 is 909. The molecular weight excluding hydrogens is 1520 g/mol. The zero-order chi connectivity index (χ0) is 73.4. The predicted octanol–water partition coefficient (Wildman–Crippen LogP) is 11.8. The van der Waals surface area contributed by atoms with E-state index in [1.807, 2.05) is 0 Å². The Labute approximate surface area is 522 Å². The first-order chi connectivity index (χ1) is 45.7. The molecule has 0 heterocycles. The second-order valence-electron chi connectivity index (χ2n) is 34.4. The van der Waals surface area contributed by atoms with Gasteiger partial charge in [0, 0.05) is 83.6 Å². The molecule has 0 amide bonds. The van der Waals surface area contributed by atoms with Crippen molar-refractivity contribution in [3.8, 4) is 0 Å². The van der Waals surface area contributed by atoms with Crippen LogP contribution in [0, 0.1) is 0 Å². The van der Waals surface area contributed by atoms with Crippen molar-refractivity contribution < 1.29 is 184 Å². The number of alkyl halides is 42. The van der Waals surface area contributed by atoms with Gasteiger partial charge in [0.25, 0.3) is 0 Å². The molecule has 0 aromatic heterocycles. The molecule has 0 nitrogen and oxygen atoms in total. The van der Waals surface area contributed by atoms with Crippen molar-refractivity contribution >= 4 is 0 Å². The fourth-order valence-electron chi connectivity index (χ4n) is 36.1. The molecule has 102 heavy (non-hydrogen) atoms. The van der Waals surface area contributed by atoms with Gasteiger partial charge in [-0.05, 0) is 16.7 Å². The molecule has 17 fully saturated rings. The second kappa shape index (κ2) is 9.50. The third-order valence-corrected chi connectivity index (χ3v) is 36.3. The van der Waals surface area contributed by atoms with Crippen LogP contribution in [-0.2, 0) is 0 Å². The second-order valence-corrected chi connectivity index (χ2v) is 34.4. The van der Waals surface area contributed by atoms with Crippen molar-refractivity contribution in [1.82, 2.24) is 0 Å². The molecule has 0 aliphatic heterocycles. The average molecular weight is 1520 g/mol.